The van der Waals surface area contributed by atoms with Crippen LogP contribution >= 0.6 is 11.3 Å². The van der Waals surface area contributed by atoms with E-state index < -0.39 is 0 Å². The van der Waals surface area contributed by atoms with E-state index >= 15 is 0 Å². The van der Waals surface area contributed by atoms with Gasteiger partial charge in [0.25, 0.3) is 0 Å². The van der Waals surface area contributed by atoms with Crippen molar-refractivity contribution in [2.24, 2.45) is 10.9 Å². The molecule has 0 bridgehead atoms. The number of rotatable bonds is 8. The van der Waals surface area contributed by atoms with E-state index in [1.54, 1.807) is 11.3 Å². The second kappa shape index (κ2) is 11.3. The largest absolute Gasteiger partial charge is 0.357 e. The number of piperidine rings is 1. The van der Waals surface area contributed by atoms with E-state index in [9.17, 15) is 0 Å². The maximum atomic E-state index is 4.76. The minimum Gasteiger partial charge on any atom is -0.357 e. The predicted octanol–water partition coefficient (Wildman–Crippen LogP) is 3.98. The molecular weight excluding hydrogens is 378 g/mol. The summed E-state index contributed by atoms with van der Waals surface area (Å²) < 4.78 is 0. The molecule has 6 heteroatoms. The van der Waals surface area contributed by atoms with Crippen molar-refractivity contribution < 1.29 is 0 Å². The number of aromatic nitrogens is 1. The summed E-state index contributed by atoms with van der Waals surface area (Å²) in [5, 5.41) is 10.4. The van der Waals surface area contributed by atoms with E-state index in [-0.39, 0.29) is 0 Å². The van der Waals surface area contributed by atoms with Crippen LogP contribution in [0.25, 0.3) is 0 Å². The second-order valence-corrected chi connectivity index (χ2v) is 8.81. The molecule has 0 spiro atoms. The fourth-order valence-electron chi connectivity index (χ4n) is 3.61. The molecule has 158 valence electrons. The van der Waals surface area contributed by atoms with E-state index in [2.05, 4.69) is 66.0 Å². The number of aliphatic imine (C=N–C) groups is 1. The van der Waals surface area contributed by atoms with Gasteiger partial charge in [-0.2, -0.15) is 0 Å². The average Bonchev–Trinajstić information content (AvgIpc) is 3.20. The lowest BCUT2D eigenvalue weighted by Gasteiger charge is -2.31. The lowest BCUT2D eigenvalue weighted by atomic mass is 9.97. The minimum absolute atomic E-state index is 0.705. The highest BCUT2D eigenvalue weighted by atomic mass is 32.1. The highest BCUT2D eigenvalue weighted by Gasteiger charge is 2.20. The number of likely N-dealkylation sites (tertiary alicyclic amines) is 1. The molecule has 1 aliphatic heterocycles. The van der Waals surface area contributed by atoms with Crippen LogP contribution in [-0.2, 0) is 19.5 Å². The number of nitrogens with zero attached hydrogens (tertiary/aromatic N) is 3. The van der Waals surface area contributed by atoms with Gasteiger partial charge in [0, 0.05) is 25.0 Å². The van der Waals surface area contributed by atoms with Crippen LogP contribution < -0.4 is 10.6 Å². The molecule has 1 aromatic heterocycles. The Kier molecular flexibility index (Phi) is 8.50. The van der Waals surface area contributed by atoms with Crippen molar-refractivity contribution >= 4 is 17.3 Å². The van der Waals surface area contributed by atoms with E-state index in [0.717, 1.165) is 45.1 Å². The molecule has 0 saturated carbocycles. The molecule has 5 nitrogen and oxygen atoms in total. The number of benzene rings is 1. The zero-order valence-electron chi connectivity index (χ0n) is 18.1. The quantitative estimate of drug-likeness (QED) is 0.508. The Labute approximate surface area is 179 Å². The molecule has 1 aliphatic rings. The Morgan fingerprint density at radius 2 is 1.93 bits per heavy atom. The molecule has 0 amide bonds. The summed E-state index contributed by atoms with van der Waals surface area (Å²) in [6.45, 7) is 12.3. The number of thiazole rings is 1. The van der Waals surface area contributed by atoms with Crippen LogP contribution in [-0.4, -0.2) is 42.0 Å². The molecule has 1 fully saturated rings. The topological polar surface area (TPSA) is 52.6 Å². The molecule has 29 heavy (non-hydrogen) atoms. The van der Waals surface area contributed by atoms with Crippen LogP contribution in [0.5, 0.6) is 0 Å². The van der Waals surface area contributed by atoms with Gasteiger partial charge in [-0.05, 0) is 57.7 Å². The van der Waals surface area contributed by atoms with Gasteiger partial charge in [-0.3, -0.25) is 4.90 Å². The highest BCUT2D eigenvalue weighted by molar-refractivity contribution is 7.09. The Hall–Kier alpha value is -1.92. The minimum atomic E-state index is 0.705. The van der Waals surface area contributed by atoms with Gasteiger partial charge in [0.2, 0.25) is 0 Å². The first-order valence-corrected chi connectivity index (χ1v) is 11.8. The molecule has 2 aromatic rings. The zero-order valence-corrected chi connectivity index (χ0v) is 18.9. The maximum absolute atomic E-state index is 4.76. The monoisotopic (exact) mass is 413 g/mol. The molecule has 2 N–H and O–H groups in total. The van der Waals surface area contributed by atoms with Gasteiger partial charge in [0.15, 0.2) is 5.96 Å². The zero-order chi connectivity index (χ0) is 20.5. The van der Waals surface area contributed by atoms with E-state index in [1.165, 1.54) is 34.7 Å². The molecule has 1 aromatic carbocycles. The van der Waals surface area contributed by atoms with Crippen molar-refractivity contribution in [1.82, 2.24) is 20.5 Å². The summed E-state index contributed by atoms with van der Waals surface area (Å²) in [7, 11) is 0. The molecule has 3 rings (SSSR count). The van der Waals surface area contributed by atoms with E-state index in [4.69, 9.17) is 9.98 Å². The van der Waals surface area contributed by atoms with Crippen LogP contribution in [0.4, 0.5) is 0 Å². The number of hydrogen-bond donors (Lipinski definition) is 2. The molecule has 1 saturated heterocycles. The van der Waals surface area contributed by atoms with Crippen LogP contribution in [0.2, 0.25) is 0 Å². The summed E-state index contributed by atoms with van der Waals surface area (Å²) in [5.74, 6) is 1.63. The smallest absolute Gasteiger partial charge is 0.191 e. The van der Waals surface area contributed by atoms with Crippen LogP contribution in [0.15, 0.2) is 34.6 Å². The number of guanidine groups is 1. The molecular formula is C23H35N5S. The first-order valence-electron chi connectivity index (χ1n) is 10.9. The van der Waals surface area contributed by atoms with Gasteiger partial charge in [0.05, 0.1) is 17.2 Å². The van der Waals surface area contributed by atoms with Crippen molar-refractivity contribution in [3.8, 4) is 0 Å². The van der Waals surface area contributed by atoms with E-state index in [0.29, 0.717) is 12.5 Å². The van der Waals surface area contributed by atoms with Crippen molar-refractivity contribution in [1.29, 1.82) is 0 Å². The number of aryl methyl sites for hydroxylation is 2. The van der Waals surface area contributed by atoms with Gasteiger partial charge < -0.3 is 10.6 Å². The standard InChI is InChI=1S/C23H35N5S/c1-4-22-27-21(17-29-22)16-28-12-10-20(11-13-28)15-26-23(24-5-2)25-14-19-8-6-18(3)7-9-19/h6-9,17,20H,4-5,10-16H2,1-3H3,(H2,24,25,26). The molecule has 0 radical (unpaired) electrons. The van der Waals surface area contributed by atoms with E-state index in [1.807, 2.05) is 0 Å². The van der Waals surface area contributed by atoms with Crippen molar-refractivity contribution in [2.75, 3.05) is 26.2 Å². The second-order valence-electron chi connectivity index (χ2n) is 7.87. The fraction of sp³-hybridized carbons (Fsp3) is 0.565. The summed E-state index contributed by atoms with van der Waals surface area (Å²) in [6.07, 6.45) is 3.50. The SMILES string of the molecule is CCNC(=NCc1ccc(C)cc1)NCC1CCN(Cc2csc(CC)n2)CC1. The number of hydrogen-bond acceptors (Lipinski definition) is 4. The van der Waals surface area contributed by atoms with Crippen LogP contribution in [0, 0.1) is 12.8 Å². The maximum Gasteiger partial charge on any atom is 0.191 e. The first-order chi connectivity index (χ1) is 14.2. The predicted molar refractivity (Wildman–Crippen MR) is 123 cm³/mol. The third-order valence-corrected chi connectivity index (χ3v) is 6.48. The Morgan fingerprint density at radius 1 is 1.17 bits per heavy atom. The molecule has 0 atom stereocenters. The van der Waals surface area contributed by atoms with Gasteiger partial charge in [-0.1, -0.05) is 36.8 Å². The lowest BCUT2D eigenvalue weighted by molar-refractivity contribution is 0.176. The van der Waals surface area contributed by atoms with Crippen molar-refractivity contribution in [3.05, 3.63) is 51.5 Å². The number of nitrogens with one attached hydrogen (secondary N) is 2. The average molecular weight is 414 g/mol. The van der Waals surface area contributed by atoms with Gasteiger partial charge in [-0.25, -0.2) is 9.98 Å². The first kappa shape index (κ1) is 21.8. The molecule has 0 unspecified atom stereocenters. The van der Waals surface area contributed by atoms with Crippen LogP contribution in [0.3, 0.4) is 0 Å². The Morgan fingerprint density at radius 3 is 2.59 bits per heavy atom. The van der Waals surface area contributed by atoms with Gasteiger partial charge in [-0.15, -0.1) is 11.3 Å². The highest BCUT2D eigenvalue weighted by Crippen LogP contribution is 2.19. The Balaban J connectivity index is 1.42. The Bertz CT molecular complexity index is 760. The van der Waals surface area contributed by atoms with Gasteiger partial charge >= 0.3 is 0 Å². The normalized spacial score (nSPS) is 16.2. The van der Waals surface area contributed by atoms with Crippen molar-refractivity contribution in [3.63, 3.8) is 0 Å². The van der Waals surface area contributed by atoms with Crippen molar-refractivity contribution in [2.45, 2.75) is 53.1 Å². The van der Waals surface area contributed by atoms with Gasteiger partial charge in [0.1, 0.15) is 0 Å². The summed E-state index contributed by atoms with van der Waals surface area (Å²) in [5.41, 5.74) is 3.77. The summed E-state index contributed by atoms with van der Waals surface area (Å²) in [4.78, 5) is 12.0. The lowest BCUT2D eigenvalue weighted by Crippen LogP contribution is -2.42. The molecule has 2 heterocycles. The summed E-state index contributed by atoms with van der Waals surface area (Å²) in [6, 6.07) is 8.61. The fourth-order valence-corrected chi connectivity index (χ4v) is 4.34. The molecule has 0 aliphatic carbocycles. The summed E-state index contributed by atoms with van der Waals surface area (Å²) >= 11 is 1.79. The third kappa shape index (κ3) is 7.12. The van der Waals surface area contributed by atoms with Crippen LogP contribution in [0.1, 0.15) is 48.5 Å². The third-order valence-electron chi connectivity index (χ3n) is 5.44.